The van der Waals surface area contributed by atoms with Crippen LogP contribution in [0.5, 0.6) is 0 Å². The molecule has 0 bridgehead atoms. The molecular weight excluding hydrogens is 309 g/mol. The van der Waals surface area contributed by atoms with Crippen molar-refractivity contribution in [1.29, 1.82) is 0 Å². The fraction of sp³-hybridized carbons (Fsp3) is 0.200. The zero-order chi connectivity index (χ0) is 13.4. The van der Waals surface area contributed by atoms with Gasteiger partial charge in [0.15, 0.2) is 5.78 Å². The van der Waals surface area contributed by atoms with E-state index in [9.17, 15) is 9.18 Å². The van der Waals surface area contributed by atoms with Gasteiger partial charge in [-0.2, -0.15) is 0 Å². The van der Waals surface area contributed by atoms with Crippen LogP contribution in [0.2, 0.25) is 0 Å². The standard InChI is InChI=1S/C15H11BrFNO/c16-11-4-1-5-12(17)13(11)15(19)10-7-6-9-3-2-8-18-14(9)10/h1-5,8,10H,6-7H2. The first-order chi connectivity index (χ1) is 9.18. The molecule has 1 aliphatic carbocycles. The molecule has 1 aliphatic rings. The van der Waals surface area contributed by atoms with Gasteiger partial charge in [0.1, 0.15) is 5.82 Å². The van der Waals surface area contributed by atoms with Crippen LogP contribution in [0.25, 0.3) is 0 Å². The van der Waals surface area contributed by atoms with Gasteiger partial charge in [0.05, 0.1) is 17.2 Å². The number of aromatic nitrogens is 1. The molecule has 2 nitrogen and oxygen atoms in total. The molecule has 1 heterocycles. The SMILES string of the molecule is O=C(c1c(F)cccc1Br)C1CCc2cccnc21. The van der Waals surface area contributed by atoms with E-state index >= 15 is 0 Å². The number of hydrogen-bond donors (Lipinski definition) is 0. The molecule has 1 atom stereocenters. The molecule has 0 fully saturated rings. The van der Waals surface area contributed by atoms with Gasteiger partial charge in [-0.1, -0.05) is 12.1 Å². The Kier molecular flexibility index (Phi) is 3.19. The third-order valence-corrected chi connectivity index (χ3v) is 4.15. The van der Waals surface area contributed by atoms with Gasteiger partial charge in [-0.3, -0.25) is 9.78 Å². The Bertz CT molecular complexity index is 636. The number of carbonyl (C=O) groups excluding carboxylic acids is 1. The predicted octanol–water partition coefficient (Wildman–Crippen LogP) is 3.90. The number of pyridine rings is 1. The number of ketones is 1. The third kappa shape index (κ3) is 2.10. The molecule has 1 unspecified atom stereocenters. The largest absolute Gasteiger partial charge is 0.293 e. The Balaban J connectivity index is 2.03. The lowest BCUT2D eigenvalue weighted by Gasteiger charge is -2.11. The van der Waals surface area contributed by atoms with E-state index in [1.165, 1.54) is 6.07 Å². The number of hydrogen-bond acceptors (Lipinski definition) is 2. The van der Waals surface area contributed by atoms with Crippen LogP contribution in [-0.2, 0) is 6.42 Å². The van der Waals surface area contributed by atoms with Gasteiger partial charge in [0.2, 0.25) is 0 Å². The van der Waals surface area contributed by atoms with Crippen LogP contribution < -0.4 is 0 Å². The van der Waals surface area contributed by atoms with Crippen LogP contribution in [0.15, 0.2) is 41.0 Å². The number of fused-ring (bicyclic) bond motifs is 1. The monoisotopic (exact) mass is 319 g/mol. The van der Waals surface area contributed by atoms with Gasteiger partial charge in [-0.05, 0) is 52.5 Å². The highest BCUT2D eigenvalue weighted by atomic mass is 79.9. The van der Waals surface area contributed by atoms with E-state index in [-0.39, 0.29) is 17.3 Å². The Morgan fingerprint density at radius 2 is 2.16 bits per heavy atom. The highest BCUT2D eigenvalue weighted by Crippen LogP contribution is 2.35. The summed E-state index contributed by atoms with van der Waals surface area (Å²) in [4.78, 5) is 16.8. The van der Waals surface area contributed by atoms with Crippen LogP contribution in [0.3, 0.4) is 0 Å². The molecule has 0 saturated heterocycles. The van der Waals surface area contributed by atoms with Crippen molar-refractivity contribution in [2.75, 3.05) is 0 Å². The second kappa shape index (κ2) is 4.85. The lowest BCUT2D eigenvalue weighted by molar-refractivity contribution is 0.0953. The van der Waals surface area contributed by atoms with E-state index in [4.69, 9.17) is 0 Å². The molecule has 0 aliphatic heterocycles. The average molecular weight is 320 g/mol. The summed E-state index contributed by atoms with van der Waals surface area (Å²) in [5.41, 5.74) is 2.02. The topological polar surface area (TPSA) is 30.0 Å². The average Bonchev–Trinajstić information content (AvgIpc) is 2.82. The molecule has 3 rings (SSSR count). The van der Waals surface area contributed by atoms with Crippen molar-refractivity contribution in [3.63, 3.8) is 0 Å². The molecule has 0 radical (unpaired) electrons. The zero-order valence-electron chi connectivity index (χ0n) is 10.1. The zero-order valence-corrected chi connectivity index (χ0v) is 11.7. The number of carbonyl (C=O) groups is 1. The maximum absolute atomic E-state index is 13.9. The number of halogens is 2. The maximum Gasteiger partial charge on any atom is 0.175 e. The summed E-state index contributed by atoms with van der Waals surface area (Å²) in [6.45, 7) is 0. The second-order valence-electron chi connectivity index (χ2n) is 4.60. The molecule has 1 aromatic carbocycles. The molecule has 0 amide bonds. The minimum absolute atomic E-state index is 0.131. The van der Waals surface area contributed by atoms with Crippen molar-refractivity contribution in [2.45, 2.75) is 18.8 Å². The van der Waals surface area contributed by atoms with Crippen molar-refractivity contribution >= 4 is 21.7 Å². The summed E-state index contributed by atoms with van der Waals surface area (Å²) in [6, 6.07) is 8.42. The molecule has 2 aromatic rings. The molecule has 0 spiro atoms. The summed E-state index contributed by atoms with van der Waals surface area (Å²) in [5, 5.41) is 0. The van der Waals surface area contributed by atoms with E-state index < -0.39 is 5.82 Å². The van der Waals surface area contributed by atoms with E-state index in [2.05, 4.69) is 20.9 Å². The fourth-order valence-electron chi connectivity index (χ4n) is 2.58. The fourth-order valence-corrected chi connectivity index (χ4v) is 3.11. The normalized spacial score (nSPS) is 17.3. The number of Topliss-reactive ketones (excluding diaryl/α,β-unsaturated/α-hetero) is 1. The van der Waals surface area contributed by atoms with Gasteiger partial charge in [0.25, 0.3) is 0 Å². The summed E-state index contributed by atoms with van der Waals surface area (Å²) in [6.07, 6.45) is 3.21. The van der Waals surface area contributed by atoms with Crippen molar-refractivity contribution in [3.05, 3.63) is 63.6 Å². The Morgan fingerprint density at radius 3 is 2.95 bits per heavy atom. The highest BCUT2D eigenvalue weighted by Gasteiger charge is 2.32. The molecule has 1 aromatic heterocycles. The smallest absolute Gasteiger partial charge is 0.175 e. The van der Waals surface area contributed by atoms with Crippen LogP contribution in [0, 0.1) is 5.82 Å². The van der Waals surface area contributed by atoms with Gasteiger partial charge < -0.3 is 0 Å². The summed E-state index contributed by atoms with van der Waals surface area (Å²) in [7, 11) is 0. The number of rotatable bonds is 2. The van der Waals surface area contributed by atoms with Gasteiger partial charge in [-0.15, -0.1) is 0 Å². The van der Waals surface area contributed by atoms with Crippen LogP contribution in [0.4, 0.5) is 4.39 Å². The minimum Gasteiger partial charge on any atom is -0.293 e. The number of aryl methyl sites for hydroxylation is 1. The molecular formula is C15H11BrFNO. The van der Waals surface area contributed by atoms with E-state index in [1.807, 2.05) is 12.1 Å². The third-order valence-electron chi connectivity index (χ3n) is 3.48. The lowest BCUT2D eigenvalue weighted by atomic mass is 9.95. The molecule has 0 N–H and O–H groups in total. The Morgan fingerprint density at radius 1 is 1.32 bits per heavy atom. The number of nitrogens with zero attached hydrogens (tertiary/aromatic N) is 1. The van der Waals surface area contributed by atoms with Crippen molar-refractivity contribution in [3.8, 4) is 0 Å². The first kappa shape index (κ1) is 12.5. The second-order valence-corrected chi connectivity index (χ2v) is 5.45. The highest BCUT2D eigenvalue weighted by molar-refractivity contribution is 9.10. The van der Waals surface area contributed by atoms with E-state index in [0.29, 0.717) is 10.9 Å². The van der Waals surface area contributed by atoms with Crippen molar-refractivity contribution in [2.24, 2.45) is 0 Å². The van der Waals surface area contributed by atoms with E-state index in [1.54, 1.807) is 18.3 Å². The quantitative estimate of drug-likeness (QED) is 0.786. The molecule has 0 saturated carbocycles. The molecule has 4 heteroatoms. The van der Waals surface area contributed by atoms with Gasteiger partial charge >= 0.3 is 0 Å². The van der Waals surface area contributed by atoms with Crippen LogP contribution >= 0.6 is 15.9 Å². The van der Waals surface area contributed by atoms with Gasteiger partial charge in [-0.25, -0.2) is 4.39 Å². The van der Waals surface area contributed by atoms with Gasteiger partial charge in [0, 0.05) is 10.7 Å². The number of benzene rings is 1. The first-order valence-electron chi connectivity index (χ1n) is 6.10. The van der Waals surface area contributed by atoms with Crippen molar-refractivity contribution in [1.82, 2.24) is 4.98 Å². The summed E-state index contributed by atoms with van der Waals surface area (Å²) in [5.74, 6) is -1.00. The van der Waals surface area contributed by atoms with Crippen LogP contribution in [-0.4, -0.2) is 10.8 Å². The molecule has 96 valence electrons. The first-order valence-corrected chi connectivity index (χ1v) is 6.90. The van der Waals surface area contributed by atoms with Crippen LogP contribution in [0.1, 0.15) is 34.0 Å². The maximum atomic E-state index is 13.9. The predicted molar refractivity (Wildman–Crippen MR) is 73.7 cm³/mol. The lowest BCUT2D eigenvalue weighted by Crippen LogP contribution is -2.13. The summed E-state index contributed by atoms with van der Waals surface area (Å²) >= 11 is 3.25. The Hall–Kier alpha value is -1.55. The summed E-state index contributed by atoms with van der Waals surface area (Å²) < 4.78 is 14.4. The Labute approximate surface area is 118 Å². The van der Waals surface area contributed by atoms with Crippen molar-refractivity contribution < 1.29 is 9.18 Å². The van der Waals surface area contributed by atoms with E-state index in [0.717, 1.165) is 17.7 Å². The minimum atomic E-state index is -0.483. The molecule has 19 heavy (non-hydrogen) atoms.